The molecule has 9 heteroatoms. The van der Waals surface area contributed by atoms with Crippen LogP contribution in [0.4, 0.5) is 5.69 Å². The monoisotopic (exact) mass is 416 g/mol. The molecule has 0 bridgehead atoms. The number of carbonyl (C=O) groups is 2. The van der Waals surface area contributed by atoms with E-state index in [4.69, 9.17) is 14.2 Å². The zero-order valence-corrected chi connectivity index (χ0v) is 17.4. The normalized spacial score (nSPS) is 20.9. The molecule has 0 fully saturated rings. The largest absolute Gasteiger partial charge is 0.493 e. The van der Waals surface area contributed by atoms with Gasteiger partial charge in [0.15, 0.2) is 17.3 Å². The molecule has 0 radical (unpaired) electrons. The number of hydrogen-bond acceptors (Lipinski definition) is 8. The lowest BCUT2D eigenvalue weighted by molar-refractivity contribution is -0.385. The number of nitro benzene ring substituents is 1. The van der Waals surface area contributed by atoms with Gasteiger partial charge >= 0.3 is 5.97 Å². The Morgan fingerprint density at radius 3 is 2.50 bits per heavy atom. The van der Waals surface area contributed by atoms with Crippen molar-refractivity contribution >= 4 is 23.2 Å². The van der Waals surface area contributed by atoms with E-state index in [2.05, 4.69) is 4.99 Å². The number of hydrogen-bond donors (Lipinski definition) is 0. The summed E-state index contributed by atoms with van der Waals surface area (Å²) in [6, 6.07) is 2.73. The third-order valence-corrected chi connectivity index (χ3v) is 5.44. The molecule has 2 aliphatic rings. The van der Waals surface area contributed by atoms with Gasteiger partial charge in [-0.15, -0.1) is 0 Å². The first kappa shape index (κ1) is 21.5. The molecule has 3 rings (SSSR count). The van der Waals surface area contributed by atoms with Gasteiger partial charge in [-0.1, -0.05) is 0 Å². The van der Waals surface area contributed by atoms with Crippen LogP contribution in [0.3, 0.4) is 0 Å². The minimum atomic E-state index is -0.942. The fourth-order valence-electron chi connectivity index (χ4n) is 4.17. The minimum absolute atomic E-state index is 0.142. The molecule has 0 saturated heterocycles. The number of Topliss-reactive ketones (excluding diaryl/α,β-unsaturated/α-hetero) is 1. The topological polar surface area (TPSA) is 117 Å². The Bertz CT molecular complexity index is 964. The summed E-state index contributed by atoms with van der Waals surface area (Å²) in [5, 5.41) is 11.9. The summed E-state index contributed by atoms with van der Waals surface area (Å²) in [5.41, 5.74) is 1.34. The first-order chi connectivity index (χ1) is 14.3. The molecule has 0 amide bonds. The molecular weight excluding hydrogens is 392 g/mol. The average molecular weight is 416 g/mol. The van der Waals surface area contributed by atoms with Crippen LogP contribution in [-0.4, -0.2) is 43.2 Å². The first-order valence-corrected chi connectivity index (χ1v) is 9.72. The molecular formula is C21H24N2O7. The summed E-state index contributed by atoms with van der Waals surface area (Å²) in [7, 11) is 2.80. The van der Waals surface area contributed by atoms with E-state index in [-0.39, 0.29) is 35.1 Å². The van der Waals surface area contributed by atoms with Crippen molar-refractivity contribution in [3.8, 4) is 11.5 Å². The van der Waals surface area contributed by atoms with E-state index >= 15 is 0 Å². The van der Waals surface area contributed by atoms with Crippen LogP contribution in [0.2, 0.25) is 0 Å². The van der Waals surface area contributed by atoms with Gasteiger partial charge in [-0.05, 0) is 32.8 Å². The van der Waals surface area contributed by atoms with E-state index in [0.717, 1.165) is 0 Å². The Labute approximate surface area is 173 Å². The van der Waals surface area contributed by atoms with Crippen LogP contribution >= 0.6 is 0 Å². The highest BCUT2D eigenvalue weighted by Crippen LogP contribution is 2.48. The van der Waals surface area contributed by atoms with E-state index in [9.17, 15) is 19.7 Å². The smallest absolute Gasteiger partial charge is 0.315 e. The van der Waals surface area contributed by atoms with Crippen LogP contribution in [0.15, 0.2) is 28.4 Å². The summed E-state index contributed by atoms with van der Waals surface area (Å²) in [6.45, 7) is 3.50. The number of rotatable bonds is 6. The molecule has 1 aromatic carbocycles. The summed E-state index contributed by atoms with van der Waals surface area (Å²) in [6.07, 6.45) is 1.53. The quantitative estimate of drug-likeness (QED) is 0.396. The van der Waals surface area contributed by atoms with Crippen LogP contribution in [-0.2, 0) is 14.3 Å². The Morgan fingerprint density at radius 1 is 1.23 bits per heavy atom. The number of nitrogens with zero attached hydrogens (tertiary/aromatic N) is 2. The maximum atomic E-state index is 12.9. The second kappa shape index (κ2) is 8.64. The fraction of sp³-hybridized carbons (Fsp3) is 0.476. The fourth-order valence-corrected chi connectivity index (χ4v) is 4.17. The molecule has 160 valence electrons. The van der Waals surface area contributed by atoms with Gasteiger partial charge in [0.2, 0.25) is 0 Å². The average Bonchev–Trinajstić information content (AvgIpc) is 2.71. The van der Waals surface area contributed by atoms with Crippen molar-refractivity contribution in [1.29, 1.82) is 0 Å². The van der Waals surface area contributed by atoms with E-state index in [1.165, 1.54) is 26.4 Å². The number of allylic oxidation sites excluding steroid dienone is 2. The first-order valence-electron chi connectivity index (χ1n) is 9.72. The van der Waals surface area contributed by atoms with Crippen LogP contribution in [0.5, 0.6) is 11.5 Å². The molecule has 1 aliphatic carbocycles. The molecule has 1 aromatic rings. The molecule has 30 heavy (non-hydrogen) atoms. The number of aliphatic imine (C=N–C) groups is 1. The summed E-state index contributed by atoms with van der Waals surface area (Å²) in [5.74, 6) is -2.10. The van der Waals surface area contributed by atoms with Gasteiger partial charge in [0.1, 0.15) is 5.92 Å². The molecule has 1 aliphatic heterocycles. The van der Waals surface area contributed by atoms with Gasteiger partial charge in [0.25, 0.3) is 5.69 Å². The van der Waals surface area contributed by atoms with E-state index in [1.807, 2.05) is 0 Å². The number of nitro groups is 1. The van der Waals surface area contributed by atoms with Crippen molar-refractivity contribution in [2.75, 3.05) is 20.8 Å². The molecule has 0 aromatic heterocycles. The second-order valence-electron chi connectivity index (χ2n) is 7.12. The minimum Gasteiger partial charge on any atom is -0.493 e. The summed E-state index contributed by atoms with van der Waals surface area (Å²) >= 11 is 0. The Hall–Kier alpha value is -3.23. The molecule has 0 spiro atoms. The predicted octanol–water partition coefficient (Wildman–Crippen LogP) is 3.36. The van der Waals surface area contributed by atoms with Crippen LogP contribution in [0, 0.1) is 16.0 Å². The van der Waals surface area contributed by atoms with Crippen molar-refractivity contribution in [3.05, 3.63) is 39.1 Å². The highest BCUT2D eigenvalue weighted by molar-refractivity contribution is 6.09. The number of carbonyl (C=O) groups excluding carboxylic acids is 2. The van der Waals surface area contributed by atoms with Gasteiger partial charge in [0.05, 0.1) is 31.8 Å². The van der Waals surface area contributed by atoms with E-state index in [0.29, 0.717) is 36.2 Å². The standard InChI is InChI=1S/C21H24N2O7/c1-5-30-21(25)18-11(2)22-13-7-6-8-15(24)20(13)19(18)12-9-16(28-3)17(29-4)10-14(12)23(26)27/h9-10,18-19H,5-8H2,1-4H3/t18?,19-/m1/s1. The van der Waals surface area contributed by atoms with Crippen LogP contribution in [0.25, 0.3) is 0 Å². The van der Waals surface area contributed by atoms with E-state index < -0.39 is 22.7 Å². The van der Waals surface area contributed by atoms with Gasteiger partial charge < -0.3 is 14.2 Å². The molecule has 2 atom stereocenters. The van der Waals surface area contributed by atoms with E-state index in [1.54, 1.807) is 13.8 Å². The third-order valence-electron chi connectivity index (χ3n) is 5.44. The molecule has 1 unspecified atom stereocenters. The van der Waals surface area contributed by atoms with Gasteiger partial charge in [-0.25, -0.2) is 0 Å². The van der Waals surface area contributed by atoms with Crippen molar-refractivity contribution in [2.45, 2.75) is 39.0 Å². The van der Waals surface area contributed by atoms with Crippen LogP contribution in [0.1, 0.15) is 44.6 Å². The Morgan fingerprint density at radius 2 is 1.90 bits per heavy atom. The highest BCUT2D eigenvalue weighted by Gasteiger charge is 2.45. The van der Waals surface area contributed by atoms with Crippen molar-refractivity contribution in [2.24, 2.45) is 10.9 Å². The Balaban J connectivity index is 2.31. The van der Waals surface area contributed by atoms with Crippen LogP contribution < -0.4 is 9.47 Å². The summed E-state index contributed by atoms with van der Waals surface area (Å²) < 4.78 is 15.8. The lowest BCUT2D eigenvalue weighted by Crippen LogP contribution is -2.37. The second-order valence-corrected chi connectivity index (χ2v) is 7.12. The van der Waals surface area contributed by atoms with Gasteiger partial charge in [-0.2, -0.15) is 0 Å². The molecule has 9 nitrogen and oxygen atoms in total. The predicted molar refractivity (Wildman–Crippen MR) is 108 cm³/mol. The zero-order chi connectivity index (χ0) is 22.0. The molecule has 0 N–H and O–H groups in total. The third kappa shape index (κ3) is 3.67. The zero-order valence-electron chi connectivity index (χ0n) is 17.4. The number of esters is 1. The molecule has 1 heterocycles. The van der Waals surface area contributed by atoms with Gasteiger partial charge in [-0.3, -0.25) is 24.7 Å². The maximum Gasteiger partial charge on any atom is 0.315 e. The van der Waals surface area contributed by atoms with Gasteiger partial charge in [0, 0.05) is 34.9 Å². The number of benzene rings is 1. The summed E-state index contributed by atoms with van der Waals surface area (Å²) in [4.78, 5) is 41.7. The van der Waals surface area contributed by atoms with Crippen molar-refractivity contribution in [1.82, 2.24) is 0 Å². The van der Waals surface area contributed by atoms with Crippen molar-refractivity contribution in [3.63, 3.8) is 0 Å². The number of ether oxygens (including phenoxy) is 3. The number of ketones is 1. The molecule has 0 saturated carbocycles. The maximum absolute atomic E-state index is 12.9. The lowest BCUT2D eigenvalue weighted by atomic mass is 9.71. The van der Waals surface area contributed by atoms with Crippen molar-refractivity contribution < 1.29 is 28.7 Å². The number of methoxy groups -OCH3 is 2. The highest BCUT2D eigenvalue weighted by atomic mass is 16.6. The lowest BCUT2D eigenvalue weighted by Gasteiger charge is -2.34. The Kier molecular flexibility index (Phi) is 6.19. The SMILES string of the molecule is CCOC(=O)C1C(C)=NC2=C(C(=O)CCC2)[C@@H]1c1cc(OC)c(OC)cc1[N+](=O)[O-].